The summed E-state index contributed by atoms with van der Waals surface area (Å²) in [7, 11) is 0. The third kappa shape index (κ3) is 3.22. The quantitative estimate of drug-likeness (QED) is 0.545. The van der Waals surface area contributed by atoms with Crippen LogP contribution in [0.3, 0.4) is 0 Å². The molecule has 26 heavy (non-hydrogen) atoms. The minimum absolute atomic E-state index is 0.126. The molecule has 1 N–H and O–H groups in total. The van der Waals surface area contributed by atoms with Crippen LogP contribution in [0, 0.1) is 13.8 Å². The molecule has 3 aromatic carbocycles. The van der Waals surface area contributed by atoms with Gasteiger partial charge in [0, 0.05) is 16.8 Å². The van der Waals surface area contributed by atoms with Gasteiger partial charge in [-0.15, -0.1) is 0 Å². The van der Waals surface area contributed by atoms with Crippen molar-refractivity contribution in [2.24, 2.45) is 0 Å². The molecule has 4 nitrogen and oxygen atoms in total. The van der Waals surface area contributed by atoms with Crippen molar-refractivity contribution in [3.63, 3.8) is 0 Å². The van der Waals surface area contributed by atoms with Crippen molar-refractivity contribution >= 4 is 22.7 Å². The van der Waals surface area contributed by atoms with Crippen molar-refractivity contribution < 1.29 is 9.21 Å². The fraction of sp³-hybridized carbons (Fsp3) is 0.0909. The maximum Gasteiger partial charge on any atom is 0.255 e. The minimum atomic E-state index is -0.126. The van der Waals surface area contributed by atoms with Crippen LogP contribution in [0.1, 0.15) is 21.5 Å². The summed E-state index contributed by atoms with van der Waals surface area (Å²) < 4.78 is 5.81. The standard InChI is InChI=1S/C22H18N2O2/c1-14-4-3-5-17(12-14)21(25)23-18-9-7-16(8-10-18)22-24-19-13-15(2)6-11-20(19)26-22/h3-13H,1-2H3,(H,23,25). The Hall–Kier alpha value is -3.40. The van der Waals surface area contributed by atoms with Crippen LogP contribution in [-0.4, -0.2) is 10.9 Å². The van der Waals surface area contributed by atoms with Crippen LogP contribution in [0.5, 0.6) is 0 Å². The Morgan fingerprint density at radius 3 is 2.46 bits per heavy atom. The maximum absolute atomic E-state index is 12.3. The molecule has 0 saturated carbocycles. The lowest BCUT2D eigenvalue weighted by atomic mass is 10.1. The van der Waals surface area contributed by atoms with E-state index in [-0.39, 0.29) is 5.91 Å². The third-order valence-corrected chi connectivity index (χ3v) is 4.21. The molecule has 128 valence electrons. The Balaban J connectivity index is 1.55. The Kier molecular flexibility index (Phi) is 4.01. The number of oxazole rings is 1. The van der Waals surface area contributed by atoms with Gasteiger partial charge in [0.2, 0.25) is 5.89 Å². The smallest absolute Gasteiger partial charge is 0.255 e. The van der Waals surface area contributed by atoms with Gasteiger partial charge in [-0.1, -0.05) is 23.8 Å². The van der Waals surface area contributed by atoms with Gasteiger partial charge in [0.1, 0.15) is 5.52 Å². The zero-order valence-electron chi connectivity index (χ0n) is 14.6. The van der Waals surface area contributed by atoms with E-state index in [0.717, 1.165) is 33.5 Å². The molecule has 0 radical (unpaired) electrons. The number of rotatable bonds is 3. The Bertz CT molecular complexity index is 1090. The highest BCUT2D eigenvalue weighted by atomic mass is 16.3. The molecular weight excluding hydrogens is 324 g/mol. The molecule has 0 fully saturated rings. The number of carbonyl (C=O) groups excluding carboxylic acids is 1. The molecule has 4 heteroatoms. The average molecular weight is 342 g/mol. The van der Waals surface area contributed by atoms with E-state index in [9.17, 15) is 4.79 Å². The number of nitrogens with one attached hydrogen (secondary N) is 1. The van der Waals surface area contributed by atoms with Crippen LogP contribution < -0.4 is 5.32 Å². The fourth-order valence-electron chi connectivity index (χ4n) is 2.85. The minimum Gasteiger partial charge on any atom is -0.436 e. The monoisotopic (exact) mass is 342 g/mol. The average Bonchev–Trinajstić information content (AvgIpc) is 3.05. The molecule has 4 rings (SSSR count). The van der Waals surface area contributed by atoms with E-state index in [0.29, 0.717) is 11.5 Å². The molecule has 1 aromatic heterocycles. The maximum atomic E-state index is 12.3. The van der Waals surface area contributed by atoms with E-state index in [4.69, 9.17) is 4.42 Å². The zero-order chi connectivity index (χ0) is 18.1. The van der Waals surface area contributed by atoms with Crippen molar-refractivity contribution in [1.82, 2.24) is 4.98 Å². The number of hydrogen-bond acceptors (Lipinski definition) is 3. The summed E-state index contributed by atoms with van der Waals surface area (Å²) in [6, 6.07) is 20.9. The van der Waals surface area contributed by atoms with Gasteiger partial charge in [0.05, 0.1) is 0 Å². The van der Waals surface area contributed by atoms with E-state index in [2.05, 4.69) is 10.3 Å². The summed E-state index contributed by atoms with van der Waals surface area (Å²) in [5, 5.41) is 2.91. The first kappa shape index (κ1) is 16.1. The van der Waals surface area contributed by atoms with Gasteiger partial charge in [-0.3, -0.25) is 4.79 Å². The first-order chi connectivity index (χ1) is 12.6. The van der Waals surface area contributed by atoms with Gasteiger partial charge >= 0.3 is 0 Å². The van der Waals surface area contributed by atoms with Crippen LogP contribution in [0.25, 0.3) is 22.6 Å². The SMILES string of the molecule is Cc1cccc(C(=O)Nc2ccc(-c3nc4cc(C)ccc4o3)cc2)c1. The molecule has 1 amide bonds. The van der Waals surface area contributed by atoms with E-state index < -0.39 is 0 Å². The van der Waals surface area contributed by atoms with Gasteiger partial charge in [-0.05, 0) is 67.9 Å². The highest BCUT2D eigenvalue weighted by Gasteiger charge is 2.10. The predicted octanol–water partition coefficient (Wildman–Crippen LogP) is 5.36. The molecule has 0 spiro atoms. The van der Waals surface area contributed by atoms with Crippen molar-refractivity contribution in [3.05, 3.63) is 83.4 Å². The van der Waals surface area contributed by atoms with Gasteiger partial charge in [0.25, 0.3) is 5.91 Å². The summed E-state index contributed by atoms with van der Waals surface area (Å²) >= 11 is 0. The van der Waals surface area contributed by atoms with E-state index >= 15 is 0 Å². The second-order valence-electron chi connectivity index (χ2n) is 6.39. The molecular formula is C22H18N2O2. The molecule has 4 aromatic rings. The third-order valence-electron chi connectivity index (χ3n) is 4.21. The van der Waals surface area contributed by atoms with Gasteiger partial charge in [-0.25, -0.2) is 4.98 Å². The fourth-order valence-corrected chi connectivity index (χ4v) is 2.85. The number of fused-ring (bicyclic) bond motifs is 1. The van der Waals surface area contributed by atoms with Crippen LogP contribution in [0.15, 0.2) is 71.1 Å². The van der Waals surface area contributed by atoms with E-state index in [1.165, 1.54) is 0 Å². The van der Waals surface area contributed by atoms with Gasteiger partial charge < -0.3 is 9.73 Å². The normalized spacial score (nSPS) is 10.8. The summed E-state index contributed by atoms with van der Waals surface area (Å²) in [5.41, 5.74) is 6.05. The molecule has 0 bridgehead atoms. The number of aromatic nitrogens is 1. The Labute approximate surface area is 151 Å². The van der Waals surface area contributed by atoms with E-state index in [1.54, 1.807) is 6.07 Å². The number of anilines is 1. The lowest BCUT2D eigenvalue weighted by molar-refractivity contribution is 0.102. The van der Waals surface area contributed by atoms with Crippen molar-refractivity contribution in [2.75, 3.05) is 5.32 Å². The molecule has 1 heterocycles. The van der Waals surface area contributed by atoms with Crippen LogP contribution in [0.4, 0.5) is 5.69 Å². The number of hydrogen-bond donors (Lipinski definition) is 1. The number of carbonyl (C=O) groups is 1. The van der Waals surface area contributed by atoms with Crippen LogP contribution in [0.2, 0.25) is 0 Å². The molecule has 0 unspecified atom stereocenters. The number of aryl methyl sites for hydroxylation is 2. The molecule has 0 atom stereocenters. The first-order valence-corrected chi connectivity index (χ1v) is 8.44. The summed E-state index contributed by atoms with van der Waals surface area (Å²) in [4.78, 5) is 16.9. The highest BCUT2D eigenvalue weighted by Crippen LogP contribution is 2.26. The number of amides is 1. The summed E-state index contributed by atoms with van der Waals surface area (Å²) in [6.07, 6.45) is 0. The van der Waals surface area contributed by atoms with Gasteiger partial charge in [0.15, 0.2) is 5.58 Å². The second kappa shape index (κ2) is 6.48. The molecule has 0 aliphatic rings. The van der Waals surface area contributed by atoms with Crippen LogP contribution in [-0.2, 0) is 0 Å². The topological polar surface area (TPSA) is 55.1 Å². The first-order valence-electron chi connectivity index (χ1n) is 8.44. The highest BCUT2D eigenvalue weighted by molar-refractivity contribution is 6.04. The number of benzene rings is 3. The lowest BCUT2D eigenvalue weighted by Crippen LogP contribution is -2.11. The molecule has 0 aliphatic heterocycles. The van der Waals surface area contributed by atoms with Crippen molar-refractivity contribution in [2.45, 2.75) is 13.8 Å². The number of nitrogens with zero attached hydrogens (tertiary/aromatic N) is 1. The lowest BCUT2D eigenvalue weighted by Gasteiger charge is -2.06. The zero-order valence-corrected chi connectivity index (χ0v) is 14.6. The molecule has 0 saturated heterocycles. The summed E-state index contributed by atoms with van der Waals surface area (Å²) in [6.45, 7) is 3.99. The van der Waals surface area contributed by atoms with Gasteiger partial charge in [-0.2, -0.15) is 0 Å². The Morgan fingerprint density at radius 1 is 0.923 bits per heavy atom. The van der Waals surface area contributed by atoms with Crippen LogP contribution >= 0.6 is 0 Å². The summed E-state index contributed by atoms with van der Waals surface area (Å²) in [5.74, 6) is 0.445. The largest absolute Gasteiger partial charge is 0.436 e. The second-order valence-corrected chi connectivity index (χ2v) is 6.39. The van der Waals surface area contributed by atoms with Crippen molar-refractivity contribution in [1.29, 1.82) is 0 Å². The predicted molar refractivity (Wildman–Crippen MR) is 103 cm³/mol. The Morgan fingerprint density at radius 2 is 1.69 bits per heavy atom. The molecule has 0 aliphatic carbocycles. The van der Waals surface area contributed by atoms with Crippen molar-refractivity contribution in [3.8, 4) is 11.5 Å². The van der Waals surface area contributed by atoms with E-state index in [1.807, 2.05) is 74.5 Å².